The molecule has 0 aliphatic carbocycles. The highest BCUT2D eigenvalue weighted by Gasteiger charge is 2.32. The number of ether oxygens (including phenoxy) is 1. The van der Waals surface area contributed by atoms with Crippen molar-refractivity contribution in [1.82, 2.24) is 4.31 Å². The van der Waals surface area contributed by atoms with E-state index in [1.54, 1.807) is 6.07 Å². The topological polar surface area (TPSA) is 66.8 Å². The number of aliphatic hydroxyl groups excluding tert-OH is 1. The van der Waals surface area contributed by atoms with Crippen LogP contribution >= 0.6 is 27.5 Å². The molecular weight excluding hydrogens is 382 g/mol. The Balaban J connectivity index is 2.36. The molecule has 5 nitrogen and oxygen atoms in total. The summed E-state index contributed by atoms with van der Waals surface area (Å²) in [4.78, 5) is 0.0619. The molecule has 1 aliphatic heterocycles. The van der Waals surface area contributed by atoms with E-state index in [9.17, 15) is 8.42 Å². The maximum Gasteiger partial charge on any atom is 0.246 e. The Kier molecular flexibility index (Phi) is 5.54. The van der Waals surface area contributed by atoms with Crippen molar-refractivity contribution in [2.75, 3.05) is 26.8 Å². The van der Waals surface area contributed by atoms with Gasteiger partial charge in [-0.2, -0.15) is 4.31 Å². The highest BCUT2D eigenvalue weighted by Crippen LogP contribution is 2.37. The molecule has 1 heterocycles. The molecule has 21 heavy (non-hydrogen) atoms. The van der Waals surface area contributed by atoms with Crippen LogP contribution < -0.4 is 4.74 Å². The van der Waals surface area contributed by atoms with Gasteiger partial charge in [-0.25, -0.2) is 8.42 Å². The van der Waals surface area contributed by atoms with Gasteiger partial charge in [-0.05, 0) is 46.8 Å². The van der Waals surface area contributed by atoms with Gasteiger partial charge in [-0.1, -0.05) is 11.6 Å². The zero-order valence-corrected chi connectivity index (χ0v) is 14.7. The van der Waals surface area contributed by atoms with Gasteiger partial charge in [0.1, 0.15) is 4.90 Å². The van der Waals surface area contributed by atoms with Crippen molar-refractivity contribution >= 4 is 37.6 Å². The second kappa shape index (κ2) is 6.83. The first kappa shape index (κ1) is 17.0. The van der Waals surface area contributed by atoms with Crippen LogP contribution in [0.5, 0.6) is 5.75 Å². The van der Waals surface area contributed by atoms with Crippen molar-refractivity contribution in [1.29, 1.82) is 0 Å². The van der Waals surface area contributed by atoms with Crippen LogP contribution in [0.3, 0.4) is 0 Å². The van der Waals surface area contributed by atoms with E-state index in [1.165, 1.54) is 17.5 Å². The zero-order valence-electron chi connectivity index (χ0n) is 11.6. The van der Waals surface area contributed by atoms with Crippen LogP contribution in [0.25, 0.3) is 0 Å². The molecular formula is C13H17BrClNO4S. The molecule has 0 unspecified atom stereocenters. The minimum Gasteiger partial charge on any atom is -0.494 e. The molecule has 0 bridgehead atoms. The Morgan fingerprint density at radius 3 is 2.57 bits per heavy atom. The van der Waals surface area contributed by atoms with Crippen molar-refractivity contribution in [3.63, 3.8) is 0 Å². The fourth-order valence-electron chi connectivity index (χ4n) is 2.40. The third-order valence-corrected chi connectivity index (χ3v) is 6.34. The van der Waals surface area contributed by atoms with Gasteiger partial charge in [0, 0.05) is 24.7 Å². The number of aliphatic hydroxyl groups is 1. The molecule has 1 aliphatic rings. The summed E-state index contributed by atoms with van der Waals surface area (Å²) < 4.78 is 32.7. The predicted octanol–water partition coefficient (Wildman–Crippen LogP) is 2.50. The molecule has 2 rings (SSSR count). The first-order valence-electron chi connectivity index (χ1n) is 6.54. The molecule has 1 aromatic rings. The fourth-order valence-corrected chi connectivity index (χ4v) is 5.24. The molecule has 1 saturated heterocycles. The summed E-state index contributed by atoms with van der Waals surface area (Å²) in [5.74, 6) is 0.424. The predicted molar refractivity (Wildman–Crippen MR) is 84.3 cm³/mol. The monoisotopic (exact) mass is 397 g/mol. The van der Waals surface area contributed by atoms with E-state index in [1.807, 2.05) is 0 Å². The van der Waals surface area contributed by atoms with Crippen molar-refractivity contribution in [3.8, 4) is 5.75 Å². The summed E-state index contributed by atoms with van der Waals surface area (Å²) >= 11 is 9.24. The number of methoxy groups -OCH3 is 1. The third kappa shape index (κ3) is 3.53. The van der Waals surface area contributed by atoms with Crippen molar-refractivity contribution in [2.45, 2.75) is 17.7 Å². The van der Waals surface area contributed by atoms with Crippen LogP contribution in [0.2, 0.25) is 5.02 Å². The average Bonchev–Trinajstić information content (AvgIpc) is 2.46. The smallest absolute Gasteiger partial charge is 0.246 e. The minimum absolute atomic E-state index is 0.0619. The summed E-state index contributed by atoms with van der Waals surface area (Å²) in [6, 6.07) is 3.00. The molecule has 118 valence electrons. The number of halogens is 2. The number of hydrogen-bond donors (Lipinski definition) is 1. The van der Waals surface area contributed by atoms with E-state index in [0.717, 1.165) is 0 Å². The van der Waals surface area contributed by atoms with E-state index in [-0.39, 0.29) is 23.2 Å². The van der Waals surface area contributed by atoms with Crippen LogP contribution in [-0.4, -0.2) is 44.6 Å². The van der Waals surface area contributed by atoms with E-state index < -0.39 is 10.0 Å². The molecule has 0 saturated carbocycles. The van der Waals surface area contributed by atoms with Crippen LogP contribution in [0, 0.1) is 5.92 Å². The Morgan fingerprint density at radius 2 is 2.05 bits per heavy atom. The Bertz CT molecular complexity index is 615. The van der Waals surface area contributed by atoms with Crippen molar-refractivity contribution in [2.24, 2.45) is 5.92 Å². The van der Waals surface area contributed by atoms with Gasteiger partial charge in [-0.15, -0.1) is 0 Å². The Labute approximate surface area is 138 Å². The SMILES string of the molecule is COc1c(Br)cc(Cl)cc1S(=O)(=O)N1CCC(CO)CC1. The standard InChI is InChI=1S/C13H17BrClNO4S/c1-20-13-11(14)6-10(15)7-12(13)21(18,19)16-4-2-9(8-17)3-5-16/h6-7,9,17H,2-5,8H2,1H3. The number of rotatable bonds is 4. The van der Waals surface area contributed by atoms with Gasteiger partial charge in [0.25, 0.3) is 0 Å². The van der Waals surface area contributed by atoms with Gasteiger partial charge in [-0.3, -0.25) is 0 Å². The highest BCUT2D eigenvalue weighted by atomic mass is 79.9. The second-order valence-electron chi connectivity index (χ2n) is 4.95. The maximum atomic E-state index is 12.8. The van der Waals surface area contributed by atoms with Gasteiger partial charge >= 0.3 is 0 Å². The lowest BCUT2D eigenvalue weighted by molar-refractivity contribution is 0.170. The van der Waals surface area contributed by atoms with E-state index in [0.29, 0.717) is 35.4 Å². The molecule has 0 amide bonds. The normalized spacial score (nSPS) is 17.9. The molecule has 0 atom stereocenters. The summed E-state index contributed by atoms with van der Waals surface area (Å²) in [7, 11) is -2.25. The maximum absolute atomic E-state index is 12.8. The van der Waals surface area contributed by atoms with Crippen LogP contribution in [0.15, 0.2) is 21.5 Å². The molecule has 8 heteroatoms. The number of piperidine rings is 1. The summed E-state index contributed by atoms with van der Waals surface area (Å²) in [5.41, 5.74) is 0. The van der Waals surface area contributed by atoms with Crippen LogP contribution in [-0.2, 0) is 10.0 Å². The summed E-state index contributed by atoms with van der Waals surface area (Å²) in [6.45, 7) is 0.877. The zero-order chi connectivity index (χ0) is 15.6. The number of benzene rings is 1. The number of sulfonamides is 1. The molecule has 0 aromatic heterocycles. The lowest BCUT2D eigenvalue weighted by Crippen LogP contribution is -2.39. The Morgan fingerprint density at radius 1 is 1.43 bits per heavy atom. The lowest BCUT2D eigenvalue weighted by Gasteiger charge is -2.30. The minimum atomic E-state index is -3.67. The summed E-state index contributed by atoms with van der Waals surface area (Å²) in [5, 5.41) is 9.47. The lowest BCUT2D eigenvalue weighted by atomic mass is 10.00. The average molecular weight is 399 g/mol. The van der Waals surface area contributed by atoms with Crippen LogP contribution in [0.1, 0.15) is 12.8 Å². The molecule has 0 spiro atoms. The van der Waals surface area contributed by atoms with Crippen molar-refractivity contribution < 1.29 is 18.3 Å². The largest absolute Gasteiger partial charge is 0.494 e. The van der Waals surface area contributed by atoms with E-state index >= 15 is 0 Å². The van der Waals surface area contributed by atoms with Gasteiger partial charge in [0.05, 0.1) is 11.6 Å². The van der Waals surface area contributed by atoms with E-state index in [4.69, 9.17) is 21.4 Å². The molecule has 0 radical (unpaired) electrons. The van der Waals surface area contributed by atoms with Crippen molar-refractivity contribution in [3.05, 3.63) is 21.6 Å². The first-order chi connectivity index (χ1) is 9.90. The van der Waals surface area contributed by atoms with Gasteiger partial charge in [0.2, 0.25) is 10.0 Å². The number of nitrogens with zero attached hydrogens (tertiary/aromatic N) is 1. The quantitative estimate of drug-likeness (QED) is 0.846. The van der Waals surface area contributed by atoms with Crippen LogP contribution in [0.4, 0.5) is 0 Å². The number of hydrogen-bond acceptors (Lipinski definition) is 4. The third-order valence-electron chi connectivity index (χ3n) is 3.63. The highest BCUT2D eigenvalue weighted by molar-refractivity contribution is 9.10. The second-order valence-corrected chi connectivity index (χ2v) is 8.15. The first-order valence-corrected chi connectivity index (χ1v) is 9.15. The molecule has 1 N–H and O–H groups in total. The van der Waals surface area contributed by atoms with Gasteiger partial charge < -0.3 is 9.84 Å². The Hall–Kier alpha value is -0.340. The van der Waals surface area contributed by atoms with E-state index in [2.05, 4.69) is 15.9 Å². The summed E-state index contributed by atoms with van der Waals surface area (Å²) in [6.07, 6.45) is 1.31. The van der Waals surface area contributed by atoms with Gasteiger partial charge in [0.15, 0.2) is 5.75 Å². The fraction of sp³-hybridized carbons (Fsp3) is 0.538. The molecule has 1 aromatic carbocycles. The molecule has 1 fully saturated rings.